The standard InChI is InChI=1S/C24H27ClN2O2S/c1-2-3-4-5-6-9-16-29-19-14-12-18(13-15-19)17-22-23(28)27-24(30-22)26-21-11-8-7-10-20(21)25/h7-8,10-15,17H,2-6,9,16H2,1H3,(H,26,27,28). The number of aliphatic imine (C=N–C) groups is 1. The van der Waals surface area contributed by atoms with Gasteiger partial charge in [-0.3, -0.25) is 4.79 Å². The summed E-state index contributed by atoms with van der Waals surface area (Å²) in [7, 11) is 0. The van der Waals surface area contributed by atoms with Crippen molar-refractivity contribution in [1.82, 2.24) is 5.32 Å². The Bertz CT molecular complexity index is 910. The number of nitrogens with zero attached hydrogens (tertiary/aromatic N) is 1. The van der Waals surface area contributed by atoms with E-state index in [9.17, 15) is 4.79 Å². The van der Waals surface area contributed by atoms with Crippen LogP contribution in [-0.4, -0.2) is 17.7 Å². The number of carbonyl (C=O) groups excluding carboxylic acids is 1. The summed E-state index contributed by atoms with van der Waals surface area (Å²) in [5.74, 6) is 0.699. The van der Waals surface area contributed by atoms with E-state index >= 15 is 0 Å². The maximum atomic E-state index is 12.3. The highest BCUT2D eigenvalue weighted by atomic mass is 35.5. The van der Waals surface area contributed by atoms with E-state index in [1.54, 1.807) is 6.07 Å². The third-order valence-electron chi connectivity index (χ3n) is 4.67. The van der Waals surface area contributed by atoms with Crippen LogP contribution in [0.15, 0.2) is 58.4 Å². The molecule has 0 aliphatic carbocycles. The average molecular weight is 443 g/mol. The van der Waals surface area contributed by atoms with Crippen molar-refractivity contribution in [2.24, 2.45) is 4.99 Å². The fourth-order valence-electron chi connectivity index (χ4n) is 3.02. The fraction of sp³-hybridized carbons (Fsp3) is 0.333. The van der Waals surface area contributed by atoms with Crippen LogP contribution in [0.3, 0.4) is 0 Å². The fourth-order valence-corrected chi connectivity index (χ4v) is 4.03. The van der Waals surface area contributed by atoms with Crippen LogP contribution < -0.4 is 10.1 Å². The van der Waals surface area contributed by atoms with Crippen molar-refractivity contribution in [3.05, 3.63) is 64.0 Å². The van der Waals surface area contributed by atoms with Gasteiger partial charge in [0.2, 0.25) is 0 Å². The van der Waals surface area contributed by atoms with E-state index < -0.39 is 0 Å². The molecule has 1 fully saturated rings. The zero-order valence-electron chi connectivity index (χ0n) is 17.2. The zero-order valence-corrected chi connectivity index (χ0v) is 18.8. The summed E-state index contributed by atoms with van der Waals surface area (Å²) in [4.78, 5) is 17.3. The van der Waals surface area contributed by atoms with Crippen molar-refractivity contribution < 1.29 is 9.53 Å². The number of carbonyl (C=O) groups is 1. The Morgan fingerprint density at radius 3 is 2.53 bits per heavy atom. The number of ether oxygens (including phenoxy) is 1. The lowest BCUT2D eigenvalue weighted by Gasteiger charge is -2.06. The van der Waals surface area contributed by atoms with E-state index in [4.69, 9.17) is 16.3 Å². The quantitative estimate of drug-likeness (QED) is 0.319. The molecule has 0 aromatic heterocycles. The highest BCUT2D eigenvalue weighted by Gasteiger charge is 2.24. The molecule has 1 amide bonds. The molecule has 4 nitrogen and oxygen atoms in total. The third kappa shape index (κ3) is 6.92. The van der Waals surface area contributed by atoms with Gasteiger partial charge < -0.3 is 10.1 Å². The number of benzene rings is 2. The molecule has 2 aromatic carbocycles. The second-order valence-electron chi connectivity index (χ2n) is 7.12. The summed E-state index contributed by atoms with van der Waals surface area (Å²) in [6.07, 6.45) is 9.35. The number of rotatable bonds is 10. The molecule has 30 heavy (non-hydrogen) atoms. The maximum Gasteiger partial charge on any atom is 0.264 e. The van der Waals surface area contributed by atoms with Gasteiger partial charge in [-0.1, -0.05) is 74.9 Å². The number of thioether (sulfide) groups is 1. The van der Waals surface area contributed by atoms with Crippen LogP contribution in [0.2, 0.25) is 5.02 Å². The summed E-state index contributed by atoms with van der Waals surface area (Å²) in [6, 6.07) is 15.1. The van der Waals surface area contributed by atoms with Crippen molar-refractivity contribution in [2.75, 3.05) is 6.61 Å². The molecule has 6 heteroatoms. The van der Waals surface area contributed by atoms with Crippen molar-refractivity contribution in [3.8, 4) is 5.75 Å². The normalized spacial score (nSPS) is 16.3. The van der Waals surface area contributed by atoms with Gasteiger partial charge in [0, 0.05) is 0 Å². The lowest BCUT2D eigenvalue weighted by molar-refractivity contribution is -0.115. The summed E-state index contributed by atoms with van der Waals surface area (Å²) < 4.78 is 5.82. The Morgan fingerprint density at radius 2 is 1.77 bits per heavy atom. The number of halogens is 1. The second-order valence-corrected chi connectivity index (χ2v) is 8.56. The van der Waals surface area contributed by atoms with Crippen LogP contribution in [0.5, 0.6) is 5.75 Å². The Kier molecular flexibility index (Phi) is 8.84. The van der Waals surface area contributed by atoms with Crippen molar-refractivity contribution >= 4 is 46.2 Å². The minimum absolute atomic E-state index is 0.158. The molecule has 2 aromatic rings. The number of nitrogens with one attached hydrogen (secondary N) is 1. The molecule has 0 saturated carbocycles. The zero-order chi connectivity index (χ0) is 21.2. The highest BCUT2D eigenvalue weighted by Crippen LogP contribution is 2.31. The molecular formula is C24H27ClN2O2S. The molecule has 0 bridgehead atoms. The summed E-state index contributed by atoms with van der Waals surface area (Å²) >= 11 is 7.44. The van der Waals surface area contributed by atoms with Gasteiger partial charge in [-0.15, -0.1) is 0 Å². The Morgan fingerprint density at radius 1 is 1.03 bits per heavy atom. The molecule has 3 rings (SSSR count). The smallest absolute Gasteiger partial charge is 0.264 e. The molecule has 1 aliphatic rings. The van der Waals surface area contributed by atoms with Crippen LogP contribution in [-0.2, 0) is 4.79 Å². The van der Waals surface area contributed by atoms with Crippen LogP contribution in [0.1, 0.15) is 51.0 Å². The minimum Gasteiger partial charge on any atom is -0.494 e. The van der Waals surface area contributed by atoms with Crippen LogP contribution in [0.4, 0.5) is 5.69 Å². The number of amidine groups is 1. The average Bonchev–Trinajstić information content (AvgIpc) is 3.09. The van der Waals surface area contributed by atoms with Crippen molar-refractivity contribution in [1.29, 1.82) is 0 Å². The first kappa shape index (κ1) is 22.4. The molecule has 1 N–H and O–H groups in total. The second kappa shape index (κ2) is 11.8. The van der Waals surface area contributed by atoms with Gasteiger partial charge in [0.1, 0.15) is 5.75 Å². The Hall–Kier alpha value is -2.24. The first-order chi connectivity index (χ1) is 14.7. The summed E-state index contributed by atoms with van der Waals surface area (Å²) in [6.45, 7) is 2.97. The predicted molar refractivity (Wildman–Crippen MR) is 128 cm³/mol. The molecule has 0 radical (unpaired) electrons. The van der Waals surface area contributed by atoms with Gasteiger partial charge in [0.25, 0.3) is 5.91 Å². The highest BCUT2D eigenvalue weighted by molar-refractivity contribution is 8.18. The van der Waals surface area contributed by atoms with E-state index in [0.717, 1.165) is 24.3 Å². The maximum absolute atomic E-state index is 12.3. The predicted octanol–water partition coefficient (Wildman–Crippen LogP) is 6.97. The van der Waals surface area contributed by atoms with E-state index in [1.165, 1.54) is 43.9 Å². The summed E-state index contributed by atoms with van der Waals surface area (Å²) in [5, 5.41) is 3.86. The molecule has 158 valence electrons. The van der Waals surface area contributed by atoms with Crippen LogP contribution >= 0.6 is 23.4 Å². The van der Waals surface area contributed by atoms with E-state index in [-0.39, 0.29) is 5.91 Å². The minimum atomic E-state index is -0.158. The number of hydrogen-bond donors (Lipinski definition) is 1. The molecular weight excluding hydrogens is 416 g/mol. The number of amides is 1. The molecule has 1 aliphatic heterocycles. The van der Waals surface area contributed by atoms with E-state index in [2.05, 4.69) is 17.2 Å². The van der Waals surface area contributed by atoms with Gasteiger partial charge >= 0.3 is 0 Å². The number of unbranched alkanes of at least 4 members (excludes halogenated alkanes) is 5. The SMILES string of the molecule is CCCCCCCCOc1ccc(C=C2SC(=Nc3ccccc3Cl)NC2=O)cc1. The Labute approximate surface area is 187 Å². The summed E-state index contributed by atoms with van der Waals surface area (Å²) in [5.41, 5.74) is 1.58. The molecule has 0 atom stereocenters. The van der Waals surface area contributed by atoms with E-state index in [1.807, 2.05) is 48.5 Å². The molecule has 0 unspecified atom stereocenters. The van der Waals surface area contributed by atoms with Gasteiger partial charge in [-0.25, -0.2) is 4.99 Å². The van der Waals surface area contributed by atoms with E-state index in [0.29, 0.717) is 20.8 Å². The first-order valence-corrected chi connectivity index (χ1v) is 11.6. The van der Waals surface area contributed by atoms with Crippen molar-refractivity contribution in [3.63, 3.8) is 0 Å². The number of para-hydroxylation sites is 1. The molecule has 1 saturated heterocycles. The topological polar surface area (TPSA) is 50.7 Å². The lowest BCUT2D eigenvalue weighted by Crippen LogP contribution is -2.19. The molecule has 0 spiro atoms. The van der Waals surface area contributed by atoms with Crippen LogP contribution in [0, 0.1) is 0 Å². The molecule has 1 heterocycles. The first-order valence-electron chi connectivity index (χ1n) is 10.4. The van der Waals surface area contributed by atoms with Gasteiger partial charge in [-0.05, 0) is 54.1 Å². The van der Waals surface area contributed by atoms with Crippen LogP contribution in [0.25, 0.3) is 6.08 Å². The van der Waals surface area contributed by atoms with Gasteiger partial charge in [0.15, 0.2) is 5.17 Å². The number of hydrogen-bond acceptors (Lipinski definition) is 4. The third-order valence-corrected chi connectivity index (χ3v) is 5.90. The van der Waals surface area contributed by atoms with Gasteiger partial charge in [-0.2, -0.15) is 0 Å². The lowest BCUT2D eigenvalue weighted by atomic mass is 10.1. The largest absolute Gasteiger partial charge is 0.494 e. The van der Waals surface area contributed by atoms with Gasteiger partial charge in [0.05, 0.1) is 22.2 Å². The van der Waals surface area contributed by atoms with Crippen molar-refractivity contribution in [2.45, 2.75) is 45.4 Å². The Balaban J connectivity index is 1.52. The monoisotopic (exact) mass is 442 g/mol.